The van der Waals surface area contributed by atoms with Gasteiger partial charge in [0.15, 0.2) is 18.1 Å². The quantitative estimate of drug-likeness (QED) is 0.234. The monoisotopic (exact) mass is 581 g/mol. The molecule has 2 aromatic rings. The van der Waals surface area contributed by atoms with Crippen molar-refractivity contribution < 1.29 is 19.1 Å². The lowest BCUT2D eigenvalue weighted by Crippen LogP contribution is -2.48. The van der Waals surface area contributed by atoms with Crippen molar-refractivity contribution in [3.63, 3.8) is 0 Å². The van der Waals surface area contributed by atoms with Crippen molar-refractivity contribution in [2.24, 2.45) is 17.8 Å². The van der Waals surface area contributed by atoms with Gasteiger partial charge >= 0.3 is 0 Å². The first-order valence-electron chi connectivity index (χ1n) is 16.2. The minimum absolute atomic E-state index is 0.0512. The second-order valence-corrected chi connectivity index (χ2v) is 13.2. The van der Waals surface area contributed by atoms with Crippen LogP contribution in [0.5, 0.6) is 11.5 Å². The first-order valence-corrected chi connectivity index (χ1v) is 16.2. The number of nitriles is 1. The fourth-order valence-electron chi connectivity index (χ4n) is 8.54. The number of hydrogen-bond donors (Lipinski definition) is 2. The summed E-state index contributed by atoms with van der Waals surface area (Å²) in [4.78, 5) is 25.5. The number of hydrogen-bond acceptors (Lipinski definition) is 5. The van der Waals surface area contributed by atoms with E-state index in [2.05, 4.69) is 22.8 Å². The van der Waals surface area contributed by atoms with Crippen molar-refractivity contribution in [3.05, 3.63) is 59.2 Å². The predicted molar refractivity (Wildman–Crippen MR) is 167 cm³/mol. The maximum atomic E-state index is 12.8. The van der Waals surface area contributed by atoms with Crippen LogP contribution >= 0.6 is 0 Å². The number of rotatable bonds is 10. The van der Waals surface area contributed by atoms with Crippen LogP contribution in [-0.4, -0.2) is 31.1 Å². The highest BCUT2D eigenvalue weighted by atomic mass is 16.5. The second kappa shape index (κ2) is 12.8. The summed E-state index contributed by atoms with van der Waals surface area (Å²) in [5.41, 5.74) is 3.24. The minimum atomic E-state index is -0.352. The third-order valence-corrected chi connectivity index (χ3v) is 10.1. The first-order chi connectivity index (χ1) is 20.9. The van der Waals surface area contributed by atoms with Crippen molar-refractivity contribution in [2.75, 3.05) is 18.5 Å². The van der Waals surface area contributed by atoms with E-state index in [0.717, 1.165) is 49.1 Å². The molecule has 7 heteroatoms. The molecular weight excluding hydrogens is 538 g/mol. The number of carbonyl (C=O) groups is 2. The van der Waals surface area contributed by atoms with Crippen LogP contribution in [0.15, 0.2) is 48.0 Å². The van der Waals surface area contributed by atoms with E-state index in [0.29, 0.717) is 29.1 Å². The zero-order valence-corrected chi connectivity index (χ0v) is 25.2. The molecule has 7 nitrogen and oxygen atoms in total. The molecule has 0 aromatic heterocycles. The van der Waals surface area contributed by atoms with Gasteiger partial charge in [-0.1, -0.05) is 37.5 Å². The first kappa shape index (κ1) is 29.3. The highest BCUT2D eigenvalue weighted by molar-refractivity contribution is 6.01. The van der Waals surface area contributed by atoms with E-state index in [-0.39, 0.29) is 30.0 Å². The van der Waals surface area contributed by atoms with Gasteiger partial charge in [-0.25, -0.2) is 0 Å². The van der Waals surface area contributed by atoms with Crippen molar-refractivity contribution in [1.29, 1.82) is 5.26 Å². The van der Waals surface area contributed by atoms with Gasteiger partial charge in [0.25, 0.3) is 11.8 Å². The van der Waals surface area contributed by atoms with Gasteiger partial charge in [0.1, 0.15) is 11.6 Å². The molecule has 5 aliphatic rings. The molecule has 0 radical (unpaired) electrons. The van der Waals surface area contributed by atoms with Gasteiger partial charge in [0.2, 0.25) is 0 Å². The molecule has 0 atom stereocenters. The average molecular weight is 582 g/mol. The summed E-state index contributed by atoms with van der Waals surface area (Å²) < 4.78 is 11.6. The number of nitrogens with zero attached hydrogens (tertiary/aromatic N) is 1. The third-order valence-electron chi connectivity index (χ3n) is 10.1. The number of benzene rings is 2. The van der Waals surface area contributed by atoms with Gasteiger partial charge in [-0.3, -0.25) is 9.59 Å². The van der Waals surface area contributed by atoms with Crippen LogP contribution in [0.2, 0.25) is 0 Å². The summed E-state index contributed by atoms with van der Waals surface area (Å²) in [6.07, 6.45) is 15.1. The average Bonchev–Trinajstić information content (AvgIpc) is 2.99. The summed E-state index contributed by atoms with van der Waals surface area (Å²) in [6.45, 7) is 2.10. The largest absolute Gasteiger partial charge is 0.490 e. The fraction of sp³-hybridized carbons (Fsp3) is 0.528. The molecule has 0 spiro atoms. The highest BCUT2D eigenvalue weighted by Gasteiger charge is 2.51. The standard InChI is InChI=1S/C36H43N3O4/c1-2-42-33-18-24(17-28(22-37)35(41)39-30-6-4-3-5-7-30)8-13-32(33)43-23-34(40)38-31-11-9-29(10-12-31)36-19-25-14-26(20-36)16-27(15-25)21-36/h8-13,17-18,25-27,30H,2-7,14-16,19-21,23H2,1H3,(H,38,40)(H,39,41)/b28-17-. The molecule has 43 heavy (non-hydrogen) atoms. The van der Waals surface area contributed by atoms with Crippen molar-refractivity contribution in [2.45, 2.75) is 89.0 Å². The Labute approximate surface area is 255 Å². The lowest BCUT2D eigenvalue weighted by Gasteiger charge is -2.57. The van der Waals surface area contributed by atoms with Crippen molar-refractivity contribution >= 4 is 23.6 Å². The molecular formula is C36H43N3O4. The molecule has 5 fully saturated rings. The zero-order chi connectivity index (χ0) is 29.8. The Balaban J connectivity index is 1.05. The molecule has 2 N–H and O–H groups in total. The highest BCUT2D eigenvalue weighted by Crippen LogP contribution is 2.60. The SMILES string of the molecule is CCOc1cc(/C=C(/C#N)C(=O)NC2CCCCC2)ccc1OCC(=O)Nc1ccc(C23CC4CC(CC(C4)C2)C3)cc1. The summed E-state index contributed by atoms with van der Waals surface area (Å²) in [5, 5.41) is 15.6. The number of carbonyl (C=O) groups excluding carboxylic acids is 2. The molecule has 2 aromatic carbocycles. The molecule has 226 valence electrons. The summed E-state index contributed by atoms with van der Waals surface area (Å²) in [7, 11) is 0. The van der Waals surface area contributed by atoms with Crippen LogP contribution in [0.25, 0.3) is 6.08 Å². The maximum absolute atomic E-state index is 12.8. The Morgan fingerprint density at radius 3 is 2.23 bits per heavy atom. The minimum Gasteiger partial charge on any atom is -0.490 e. The van der Waals surface area contributed by atoms with Gasteiger partial charge < -0.3 is 20.1 Å². The molecule has 0 saturated heterocycles. The number of amides is 2. The van der Waals surface area contributed by atoms with E-state index in [9.17, 15) is 14.9 Å². The van der Waals surface area contributed by atoms with E-state index in [1.807, 2.05) is 25.1 Å². The van der Waals surface area contributed by atoms with E-state index < -0.39 is 0 Å². The maximum Gasteiger partial charge on any atom is 0.262 e. The molecule has 4 bridgehead atoms. The van der Waals surface area contributed by atoms with Crippen LogP contribution < -0.4 is 20.1 Å². The van der Waals surface area contributed by atoms with Crippen molar-refractivity contribution in [3.8, 4) is 17.6 Å². The lowest BCUT2D eigenvalue weighted by atomic mass is 9.48. The second-order valence-electron chi connectivity index (χ2n) is 13.2. The summed E-state index contributed by atoms with van der Waals surface area (Å²) >= 11 is 0. The number of nitrogens with one attached hydrogen (secondary N) is 2. The summed E-state index contributed by atoms with van der Waals surface area (Å²) in [5.74, 6) is 2.97. The van der Waals surface area contributed by atoms with E-state index in [1.54, 1.807) is 24.3 Å². The molecule has 0 unspecified atom stereocenters. The van der Waals surface area contributed by atoms with Gasteiger partial charge in [-0.05, 0) is 123 Å². The van der Waals surface area contributed by atoms with Gasteiger partial charge in [0.05, 0.1) is 6.61 Å². The zero-order valence-electron chi connectivity index (χ0n) is 25.2. The van der Waals surface area contributed by atoms with Crippen molar-refractivity contribution in [1.82, 2.24) is 5.32 Å². The predicted octanol–water partition coefficient (Wildman–Crippen LogP) is 6.93. The fourth-order valence-corrected chi connectivity index (χ4v) is 8.54. The summed E-state index contributed by atoms with van der Waals surface area (Å²) in [6, 6.07) is 15.8. The van der Waals surface area contributed by atoms with E-state index in [1.165, 1.54) is 50.5 Å². The Morgan fingerprint density at radius 2 is 1.60 bits per heavy atom. The van der Waals surface area contributed by atoms with Gasteiger partial charge in [0, 0.05) is 11.7 Å². The molecule has 2 amide bonds. The number of anilines is 1. The normalized spacial score (nSPS) is 26.4. The molecule has 0 heterocycles. The smallest absolute Gasteiger partial charge is 0.262 e. The van der Waals surface area contributed by atoms with Gasteiger partial charge in [-0.15, -0.1) is 0 Å². The van der Waals surface area contributed by atoms with Crippen LogP contribution in [-0.2, 0) is 15.0 Å². The van der Waals surface area contributed by atoms with Crippen LogP contribution in [0.4, 0.5) is 5.69 Å². The van der Waals surface area contributed by atoms with Gasteiger partial charge in [-0.2, -0.15) is 5.26 Å². The molecule has 0 aliphatic heterocycles. The van der Waals surface area contributed by atoms with Crippen LogP contribution in [0, 0.1) is 29.1 Å². The molecule has 7 rings (SSSR count). The lowest BCUT2D eigenvalue weighted by molar-refractivity contribution is -0.118. The Kier molecular flexibility index (Phi) is 8.74. The van der Waals surface area contributed by atoms with E-state index in [4.69, 9.17) is 9.47 Å². The van der Waals surface area contributed by atoms with Crippen LogP contribution in [0.1, 0.15) is 88.7 Å². The number of ether oxygens (including phenoxy) is 2. The van der Waals surface area contributed by atoms with Crippen LogP contribution in [0.3, 0.4) is 0 Å². The molecule has 5 saturated carbocycles. The Hall–Kier alpha value is -3.79. The topological polar surface area (TPSA) is 100 Å². The Bertz CT molecular complexity index is 1370. The third kappa shape index (κ3) is 6.74. The van der Waals surface area contributed by atoms with E-state index >= 15 is 0 Å². The Morgan fingerprint density at radius 1 is 0.930 bits per heavy atom. The molecule has 5 aliphatic carbocycles.